The van der Waals surface area contributed by atoms with Crippen molar-refractivity contribution in [3.05, 3.63) is 0 Å². The van der Waals surface area contributed by atoms with Gasteiger partial charge in [0.25, 0.3) is 10.2 Å². The van der Waals surface area contributed by atoms with E-state index >= 15 is 0 Å². The molecule has 9 heteroatoms. The zero-order chi connectivity index (χ0) is 14.1. The van der Waals surface area contributed by atoms with E-state index in [-0.39, 0.29) is 6.54 Å². The lowest BCUT2D eigenvalue weighted by Gasteiger charge is -2.34. The van der Waals surface area contributed by atoms with Gasteiger partial charge in [-0.3, -0.25) is 9.59 Å². The minimum Gasteiger partial charge on any atom is -0.480 e. The van der Waals surface area contributed by atoms with E-state index in [0.717, 1.165) is 0 Å². The SMILES string of the molecule is CC(C)(C)NS(=O)(=O)N1CC(=O)NCC1C(=O)O. The minimum atomic E-state index is -4.03. The van der Waals surface area contributed by atoms with Crippen LogP contribution >= 0.6 is 0 Å². The highest BCUT2D eigenvalue weighted by Gasteiger charge is 2.40. The normalized spacial score (nSPS) is 22.6. The summed E-state index contributed by atoms with van der Waals surface area (Å²) in [5.41, 5.74) is -0.754. The standard InChI is InChI=1S/C9H17N3O5S/c1-9(2,3)11-18(16,17)12-5-7(13)10-4-6(12)8(14)15/h6,11H,4-5H2,1-3H3,(H,10,13)(H,14,15). The van der Waals surface area contributed by atoms with Gasteiger partial charge in [0.2, 0.25) is 5.91 Å². The maximum absolute atomic E-state index is 12.0. The molecule has 0 aromatic carbocycles. The van der Waals surface area contributed by atoms with Crippen LogP contribution in [0.4, 0.5) is 0 Å². The van der Waals surface area contributed by atoms with Crippen molar-refractivity contribution in [2.24, 2.45) is 0 Å². The lowest BCUT2D eigenvalue weighted by Crippen LogP contribution is -2.62. The molecule has 3 N–H and O–H groups in total. The molecule has 0 radical (unpaired) electrons. The molecule has 1 atom stereocenters. The average molecular weight is 279 g/mol. The van der Waals surface area contributed by atoms with Crippen LogP contribution in [0.2, 0.25) is 0 Å². The fourth-order valence-electron chi connectivity index (χ4n) is 1.53. The zero-order valence-electron chi connectivity index (χ0n) is 10.4. The van der Waals surface area contributed by atoms with E-state index < -0.39 is 40.2 Å². The van der Waals surface area contributed by atoms with E-state index in [4.69, 9.17) is 5.11 Å². The van der Waals surface area contributed by atoms with Gasteiger partial charge in [-0.1, -0.05) is 0 Å². The average Bonchev–Trinajstić information content (AvgIpc) is 2.13. The second kappa shape index (κ2) is 4.82. The molecule has 0 aromatic rings. The topological polar surface area (TPSA) is 116 Å². The first-order valence-electron chi connectivity index (χ1n) is 5.33. The predicted molar refractivity (Wildman–Crippen MR) is 62.9 cm³/mol. The van der Waals surface area contributed by atoms with Crippen LogP contribution in [0.15, 0.2) is 0 Å². The zero-order valence-corrected chi connectivity index (χ0v) is 11.2. The summed E-state index contributed by atoms with van der Waals surface area (Å²) in [5.74, 6) is -1.82. The number of carboxylic acid groups (broad SMARTS) is 1. The highest BCUT2D eigenvalue weighted by Crippen LogP contribution is 2.12. The maximum atomic E-state index is 12.0. The Bertz CT molecular complexity index is 453. The Balaban J connectivity index is 3.01. The molecule has 0 bridgehead atoms. The molecule has 1 aliphatic heterocycles. The van der Waals surface area contributed by atoms with Crippen LogP contribution in [0.1, 0.15) is 20.8 Å². The Hall–Kier alpha value is -1.19. The van der Waals surface area contributed by atoms with Gasteiger partial charge in [-0.2, -0.15) is 17.4 Å². The fraction of sp³-hybridized carbons (Fsp3) is 0.778. The highest BCUT2D eigenvalue weighted by atomic mass is 32.2. The molecular weight excluding hydrogens is 262 g/mol. The molecule has 18 heavy (non-hydrogen) atoms. The summed E-state index contributed by atoms with van der Waals surface area (Å²) in [6.07, 6.45) is 0. The first-order chi connectivity index (χ1) is 8.03. The number of rotatable bonds is 3. The second-order valence-corrected chi connectivity index (χ2v) is 6.68. The van der Waals surface area contributed by atoms with Gasteiger partial charge in [-0.05, 0) is 20.8 Å². The lowest BCUT2D eigenvalue weighted by atomic mass is 10.1. The number of piperazine rings is 1. The largest absolute Gasteiger partial charge is 0.480 e. The summed E-state index contributed by atoms with van der Waals surface area (Å²) < 4.78 is 27.1. The Morgan fingerprint density at radius 3 is 2.50 bits per heavy atom. The molecule has 1 saturated heterocycles. The third kappa shape index (κ3) is 3.65. The van der Waals surface area contributed by atoms with Crippen LogP contribution in [-0.4, -0.2) is 54.4 Å². The van der Waals surface area contributed by atoms with Crippen LogP contribution < -0.4 is 10.0 Å². The second-order valence-electron chi connectivity index (χ2n) is 5.06. The lowest BCUT2D eigenvalue weighted by molar-refractivity contribution is -0.143. The van der Waals surface area contributed by atoms with Gasteiger partial charge in [-0.15, -0.1) is 0 Å². The third-order valence-electron chi connectivity index (χ3n) is 2.17. The van der Waals surface area contributed by atoms with Crippen LogP contribution in [-0.2, 0) is 19.8 Å². The monoisotopic (exact) mass is 279 g/mol. The number of aliphatic carboxylic acids is 1. The molecule has 1 fully saturated rings. The van der Waals surface area contributed by atoms with Gasteiger partial charge in [0.15, 0.2) is 0 Å². The quantitative estimate of drug-likeness (QED) is 0.581. The summed E-state index contributed by atoms with van der Waals surface area (Å²) in [7, 11) is -4.03. The molecule has 104 valence electrons. The van der Waals surface area contributed by atoms with Crippen molar-refractivity contribution in [2.45, 2.75) is 32.4 Å². The first-order valence-corrected chi connectivity index (χ1v) is 6.77. The number of amides is 1. The summed E-state index contributed by atoms with van der Waals surface area (Å²) in [6.45, 7) is 4.15. The van der Waals surface area contributed by atoms with Crippen molar-refractivity contribution < 1.29 is 23.1 Å². The Kier molecular flexibility index (Phi) is 3.99. The third-order valence-corrected chi connectivity index (χ3v) is 4.04. The number of hydrogen-bond donors (Lipinski definition) is 3. The van der Waals surface area contributed by atoms with E-state index in [0.29, 0.717) is 4.31 Å². The maximum Gasteiger partial charge on any atom is 0.323 e. The molecule has 1 rings (SSSR count). The molecule has 1 unspecified atom stereocenters. The van der Waals surface area contributed by atoms with Gasteiger partial charge in [0, 0.05) is 12.1 Å². The van der Waals surface area contributed by atoms with E-state index in [2.05, 4.69) is 10.0 Å². The Morgan fingerprint density at radius 1 is 1.50 bits per heavy atom. The van der Waals surface area contributed by atoms with Gasteiger partial charge in [0.05, 0.1) is 6.54 Å². The number of carboxylic acids is 1. The van der Waals surface area contributed by atoms with E-state index in [1.807, 2.05) is 0 Å². The van der Waals surface area contributed by atoms with Crippen LogP contribution in [0.5, 0.6) is 0 Å². The van der Waals surface area contributed by atoms with Crippen molar-refractivity contribution in [3.63, 3.8) is 0 Å². The van der Waals surface area contributed by atoms with Crippen molar-refractivity contribution in [3.8, 4) is 0 Å². The Labute approximate surface area is 106 Å². The van der Waals surface area contributed by atoms with Crippen LogP contribution in [0.3, 0.4) is 0 Å². The summed E-state index contributed by atoms with van der Waals surface area (Å²) in [4.78, 5) is 22.2. The Morgan fingerprint density at radius 2 is 2.06 bits per heavy atom. The van der Waals surface area contributed by atoms with E-state index in [1.165, 1.54) is 0 Å². The van der Waals surface area contributed by atoms with Crippen LogP contribution in [0.25, 0.3) is 0 Å². The van der Waals surface area contributed by atoms with E-state index in [9.17, 15) is 18.0 Å². The number of hydrogen-bond acceptors (Lipinski definition) is 4. The molecule has 8 nitrogen and oxygen atoms in total. The van der Waals surface area contributed by atoms with Gasteiger partial charge in [0.1, 0.15) is 6.04 Å². The predicted octanol–water partition coefficient (Wildman–Crippen LogP) is -1.50. The van der Waals surface area contributed by atoms with Crippen molar-refractivity contribution in [1.82, 2.24) is 14.3 Å². The van der Waals surface area contributed by atoms with Crippen molar-refractivity contribution in [1.29, 1.82) is 0 Å². The molecular formula is C9H17N3O5S. The van der Waals surface area contributed by atoms with Gasteiger partial charge < -0.3 is 10.4 Å². The summed E-state index contributed by atoms with van der Waals surface area (Å²) in [6, 6.07) is -1.29. The smallest absolute Gasteiger partial charge is 0.323 e. The molecule has 1 amide bonds. The number of nitrogens with zero attached hydrogens (tertiary/aromatic N) is 1. The first kappa shape index (κ1) is 14.9. The minimum absolute atomic E-state index is 0.237. The van der Waals surface area contributed by atoms with Crippen molar-refractivity contribution in [2.75, 3.05) is 13.1 Å². The molecule has 1 heterocycles. The summed E-state index contributed by atoms with van der Waals surface area (Å²) >= 11 is 0. The summed E-state index contributed by atoms with van der Waals surface area (Å²) in [5, 5.41) is 11.3. The molecule has 1 aliphatic rings. The highest BCUT2D eigenvalue weighted by molar-refractivity contribution is 7.87. The van der Waals surface area contributed by atoms with Crippen LogP contribution in [0, 0.1) is 0 Å². The molecule has 0 saturated carbocycles. The molecule has 0 spiro atoms. The fourth-order valence-corrected chi connectivity index (χ4v) is 3.21. The number of carbonyl (C=O) groups excluding carboxylic acids is 1. The number of carbonyl (C=O) groups is 2. The molecule has 0 aliphatic carbocycles. The number of nitrogens with one attached hydrogen (secondary N) is 2. The van der Waals surface area contributed by atoms with E-state index in [1.54, 1.807) is 20.8 Å². The molecule has 0 aromatic heterocycles. The van der Waals surface area contributed by atoms with Crippen molar-refractivity contribution >= 4 is 22.1 Å². The van der Waals surface area contributed by atoms with Gasteiger partial charge >= 0.3 is 5.97 Å². The van der Waals surface area contributed by atoms with Gasteiger partial charge in [-0.25, -0.2) is 0 Å².